The number of aryl methyl sites for hydroxylation is 1. The third kappa shape index (κ3) is 2.28. The van der Waals surface area contributed by atoms with Crippen LogP contribution in [0.3, 0.4) is 0 Å². The molecule has 1 saturated carbocycles. The summed E-state index contributed by atoms with van der Waals surface area (Å²) < 4.78 is 28.4. The minimum absolute atomic E-state index is 0.00722. The largest absolute Gasteiger partial charge is 0.384 e. The lowest BCUT2D eigenvalue weighted by atomic mass is 9.83. The monoisotopic (exact) mass is 243 g/mol. The topological polar surface area (TPSA) is 43.8 Å². The van der Waals surface area contributed by atoms with Crippen molar-refractivity contribution in [1.82, 2.24) is 9.78 Å². The van der Waals surface area contributed by atoms with Gasteiger partial charge in [-0.1, -0.05) is 6.92 Å². The van der Waals surface area contributed by atoms with Gasteiger partial charge in [-0.05, 0) is 19.3 Å². The van der Waals surface area contributed by atoms with Crippen molar-refractivity contribution >= 4 is 5.82 Å². The van der Waals surface area contributed by atoms with Crippen LogP contribution in [-0.4, -0.2) is 15.7 Å². The van der Waals surface area contributed by atoms with Gasteiger partial charge in [0.2, 0.25) is 5.92 Å². The lowest BCUT2D eigenvalue weighted by Gasteiger charge is -2.28. The van der Waals surface area contributed by atoms with E-state index in [0.29, 0.717) is 12.2 Å². The maximum absolute atomic E-state index is 13.4. The van der Waals surface area contributed by atoms with Gasteiger partial charge in [-0.25, -0.2) is 8.78 Å². The molecule has 1 fully saturated rings. The molecule has 1 aromatic heterocycles. The smallest absolute Gasteiger partial charge is 0.248 e. The highest BCUT2D eigenvalue weighted by Gasteiger charge is 2.38. The Morgan fingerprint density at radius 1 is 1.53 bits per heavy atom. The molecule has 1 unspecified atom stereocenters. The fourth-order valence-electron chi connectivity index (χ4n) is 2.70. The van der Waals surface area contributed by atoms with Crippen molar-refractivity contribution in [2.24, 2.45) is 7.05 Å². The molecule has 0 aliphatic heterocycles. The highest BCUT2D eigenvalue weighted by Crippen LogP contribution is 2.42. The zero-order valence-corrected chi connectivity index (χ0v) is 10.3. The van der Waals surface area contributed by atoms with Crippen molar-refractivity contribution in [3.63, 3.8) is 0 Å². The maximum atomic E-state index is 13.4. The van der Waals surface area contributed by atoms with Gasteiger partial charge in [-0.2, -0.15) is 5.10 Å². The molecule has 1 aromatic rings. The summed E-state index contributed by atoms with van der Waals surface area (Å²) in [5, 5.41) is 4.33. The van der Waals surface area contributed by atoms with Gasteiger partial charge in [0.1, 0.15) is 5.82 Å². The summed E-state index contributed by atoms with van der Waals surface area (Å²) in [4.78, 5) is 0. The van der Waals surface area contributed by atoms with Gasteiger partial charge < -0.3 is 5.73 Å². The second kappa shape index (κ2) is 4.27. The average molecular weight is 243 g/mol. The first-order chi connectivity index (χ1) is 7.94. The van der Waals surface area contributed by atoms with Crippen LogP contribution in [-0.2, 0) is 13.5 Å². The van der Waals surface area contributed by atoms with Crippen LogP contribution >= 0.6 is 0 Å². The SMILES string of the molecule is CCc1c(C2CCCC(F)(F)C2)nn(C)c1N. The van der Waals surface area contributed by atoms with E-state index in [1.54, 1.807) is 11.7 Å². The quantitative estimate of drug-likeness (QED) is 0.868. The summed E-state index contributed by atoms with van der Waals surface area (Å²) >= 11 is 0. The number of nitrogen functional groups attached to an aromatic ring is 1. The molecule has 5 heteroatoms. The summed E-state index contributed by atoms with van der Waals surface area (Å²) in [6.45, 7) is 1.98. The molecule has 0 bridgehead atoms. The van der Waals surface area contributed by atoms with Crippen molar-refractivity contribution in [2.45, 2.75) is 50.9 Å². The number of halogens is 2. The first-order valence-corrected chi connectivity index (χ1v) is 6.13. The van der Waals surface area contributed by atoms with E-state index in [4.69, 9.17) is 5.73 Å². The van der Waals surface area contributed by atoms with E-state index < -0.39 is 5.92 Å². The van der Waals surface area contributed by atoms with E-state index >= 15 is 0 Å². The Hall–Kier alpha value is -1.13. The molecule has 0 radical (unpaired) electrons. The van der Waals surface area contributed by atoms with Gasteiger partial charge >= 0.3 is 0 Å². The minimum Gasteiger partial charge on any atom is -0.384 e. The summed E-state index contributed by atoms with van der Waals surface area (Å²) in [7, 11) is 1.76. The number of alkyl halides is 2. The molecule has 0 aromatic carbocycles. The predicted molar refractivity (Wildman–Crippen MR) is 63.2 cm³/mol. The molecule has 1 aliphatic rings. The normalized spacial score (nSPS) is 23.9. The van der Waals surface area contributed by atoms with E-state index in [2.05, 4.69) is 5.10 Å². The van der Waals surface area contributed by atoms with Gasteiger partial charge in [0, 0.05) is 31.4 Å². The zero-order valence-electron chi connectivity index (χ0n) is 10.3. The van der Waals surface area contributed by atoms with Crippen LogP contribution in [0.2, 0.25) is 0 Å². The van der Waals surface area contributed by atoms with Crippen LogP contribution in [0.25, 0.3) is 0 Å². The molecule has 1 atom stereocenters. The third-order valence-electron chi connectivity index (χ3n) is 3.61. The van der Waals surface area contributed by atoms with E-state index in [1.165, 1.54) is 0 Å². The van der Waals surface area contributed by atoms with Gasteiger partial charge in [-0.3, -0.25) is 4.68 Å². The Balaban J connectivity index is 2.30. The molecule has 96 valence electrons. The van der Waals surface area contributed by atoms with Crippen molar-refractivity contribution in [3.8, 4) is 0 Å². The minimum atomic E-state index is -2.54. The fourth-order valence-corrected chi connectivity index (χ4v) is 2.70. The standard InChI is InChI=1S/C12H19F2N3/c1-3-9-10(16-17(2)11(9)15)8-5-4-6-12(13,14)7-8/h8H,3-7,15H2,1-2H3. The van der Waals surface area contributed by atoms with Crippen LogP contribution in [0.1, 0.15) is 49.8 Å². The van der Waals surface area contributed by atoms with Gasteiger partial charge in [-0.15, -0.1) is 0 Å². The van der Waals surface area contributed by atoms with Crippen molar-refractivity contribution in [2.75, 3.05) is 5.73 Å². The second-order valence-electron chi connectivity index (χ2n) is 4.88. The van der Waals surface area contributed by atoms with Gasteiger partial charge in [0.15, 0.2) is 0 Å². The number of nitrogens with zero attached hydrogens (tertiary/aromatic N) is 2. The Labute approximate surface area is 100.0 Å². The summed E-state index contributed by atoms with van der Waals surface area (Å²) in [5.41, 5.74) is 7.63. The molecule has 1 aliphatic carbocycles. The first kappa shape index (κ1) is 12.3. The molecular weight excluding hydrogens is 224 g/mol. The number of aromatic nitrogens is 2. The highest BCUT2D eigenvalue weighted by molar-refractivity contribution is 5.44. The summed E-state index contributed by atoms with van der Waals surface area (Å²) in [6, 6.07) is 0. The molecule has 1 heterocycles. The van der Waals surface area contributed by atoms with E-state index in [9.17, 15) is 8.78 Å². The van der Waals surface area contributed by atoms with Crippen LogP contribution < -0.4 is 5.73 Å². The van der Waals surface area contributed by atoms with Crippen LogP contribution in [0.5, 0.6) is 0 Å². The molecule has 0 saturated heterocycles. The molecule has 3 nitrogen and oxygen atoms in total. The summed E-state index contributed by atoms with van der Waals surface area (Å²) in [6.07, 6.45) is 2.02. The Kier molecular flexibility index (Phi) is 3.10. The number of anilines is 1. The van der Waals surface area contributed by atoms with Crippen molar-refractivity contribution in [1.29, 1.82) is 0 Å². The van der Waals surface area contributed by atoms with E-state index in [0.717, 1.165) is 24.1 Å². The average Bonchev–Trinajstić information content (AvgIpc) is 2.54. The molecule has 2 rings (SSSR count). The van der Waals surface area contributed by atoms with Crippen LogP contribution in [0, 0.1) is 0 Å². The van der Waals surface area contributed by atoms with Crippen molar-refractivity contribution in [3.05, 3.63) is 11.3 Å². The third-order valence-corrected chi connectivity index (χ3v) is 3.61. The lowest BCUT2D eigenvalue weighted by molar-refractivity contribution is -0.0413. The van der Waals surface area contributed by atoms with Crippen LogP contribution in [0.4, 0.5) is 14.6 Å². The summed E-state index contributed by atoms with van der Waals surface area (Å²) in [5.74, 6) is -2.08. The van der Waals surface area contributed by atoms with Gasteiger partial charge in [0.25, 0.3) is 0 Å². The predicted octanol–water partition coefficient (Wildman–Crippen LogP) is 2.86. The number of hydrogen-bond acceptors (Lipinski definition) is 2. The van der Waals surface area contributed by atoms with E-state index in [1.807, 2.05) is 6.92 Å². The van der Waals surface area contributed by atoms with E-state index in [-0.39, 0.29) is 18.8 Å². The molecule has 17 heavy (non-hydrogen) atoms. The maximum Gasteiger partial charge on any atom is 0.248 e. The molecule has 0 spiro atoms. The zero-order chi connectivity index (χ0) is 12.6. The lowest BCUT2D eigenvalue weighted by Crippen LogP contribution is -2.25. The first-order valence-electron chi connectivity index (χ1n) is 6.13. The van der Waals surface area contributed by atoms with Crippen LogP contribution in [0.15, 0.2) is 0 Å². The van der Waals surface area contributed by atoms with Gasteiger partial charge in [0.05, 0.1) is 5.69 Å². The highest BCUT2D eigenvalue weighted by atomic mass is 19.3. The fraction of sp³-hybridized carbons (Fsp3) is 0.750. The molecule has 2 N–H and O–H groups in total. The Morgan fingerprint density at radius 3 is 2.82 bits per heavy atom. The Bertz CT molecular complexity index is 412. The number of hydrogen-bond donors (Lipinski definition) is 1. The molecular formula is C12H19F2N3. The number of rotatable bonds is 2. The second-order valence-corrected chi connectivity index (χ2v) is 4.88. The van der Waals surface area contributed by atoms with Crippen molar-refractivity contribution < 1.29 is 8.78 Å². The molecule has 0 amide bonds. The number of nitrogens with two attached hydrogens (primary N) is 1. The Morgan fingerprint density at radius 2 is 2.24 bits per heavy atom.